The Hall–Kier alpha value is -2.41. The largest absolute Gasteiger partial charge is 0.370 e. The van der Waals surface area contributed by atoms with E-state index >= 15 is 0 Å². The number of fused-ring (bicyclic) bond motifs is 1. The van der Waals surface area contributed by atoms with E-state index in [1.165, 1.54) is 12.1 Å². The van der Waals surface area contributed by atoms with Crippen molar-refractivity contribution in [2.75, 3.05) is 25.4 Å². The zero-order valence-electron chi connectivity index (χ0n) is 13.0. The summed E-state index contributed by atoms with van der Waals surface area (Å²) < 4.78 is 0. The second kappa shape index (κ2) is 5.66. The molecule has 7 nitrogen and oxygen atoms in total. The molecule has 0 bridgehead atoms. The van der Waals surface area contributed by atoms with Crippen LogP contribution in [0, 0.1) is 0 Å². The van der Waals surface area contributed by atoms with Gasteiger partial charge in [0, 0.05) is 61.0 Å². The second-order valence-electron chi connectivity index (χ2n) is 6.03. The Balaban J connectivity index is 1.93. The van der Waals surface area contributed by atoms with Gasteiger partial charge in [-0.3, -0.25) is 4.99 Å². The van der Waals surface area contributed by atoms with Gasteiger partial charge in [-0.1, -0.05) is 0 Å². The molecule has 7 heteroatoms. The summed E-state index contributed by atoms with van der Waals surface area (Å²) in [4.78, 5) is 18.7. The molecule has 4 heterocycles. The van der Waals surface area contributed by atoms with Gasteiger partial charge in [0.2, 0.25) is 5.95 Å². The van der Waals surface area contributed by atoms with Crippen LogP contribution >= 0.6 is 0 Å². The van der Waals surface area contributed by atoms with Crippen molar-refractivity contribution in [1.82, 2.24) is 19.9 Å². The highest BCUT2D eigenvalue weighted by Gasteiger charge is 2.27. The van der Waals surface area contributed by atoms with E-state index in [4.69, 9.17) is 11.5 Å². The maximum absolute atomic E-state index is 5.97. The summed E-state index contributed by atoms with van der Waals surface area (Å²) in [5, 5.41) is 1.15. The van der Waals surface area contributed by atoms with Crippen LogP contribution in [0.15, 0.2) is 23.5 Å². The van der Waals surface area contributed by atoms with Gasteiger partial charge in [0.25, 0.3) is 0 Å². The van der Waals surface area contributed by atoms with Crippen LogP contribution < -0.4 is 22.2 Å². The van der Waals surface area contributed by atoms with E-state index in [0.29, 0.717) is 12.6 Å². The number of nitrogens with one attached hydrogen (secondary N) is 1. The van der Waals surface area contributed by atoms with Crippen molar-refractivity contribution in [3.05, 3.63) is 29.2 Å². The number of hydrogen-bond acceptors (Lipinski definition) is 6. The van der Waals surface area contributed by atoms with E-state index in [9.17, 15) is 0 Å². The molecular formula is C16H21N7. The summed E-state index contributed by atoms with van der Waals surface area (Å²) in [6.07, 6.45) is 6.95. The first kappa shape index (κ1) is 14.2. The highest BCUT2D eigenvalue weighted by Crippen LogP contribution is 2.25. The molecule has 2 aromatic heterocycles. The first-order valence-electron chi connectivity index (χ1n) is 8.08. The summed E-state index contributed by atoms with van der Waals surface area (Å²) in [7, 11) is 0. The maximum atomic E-state index is 5.97. The second-order valence-corrected chi connectivity index (χ2v) is 6.03. The molecule has 0 radical (unpaired) electrons. The molecule has 1 saturated heterocycles. The monoisotopic (exact) mass is 311 g/mol. The van der Waals surface area contributed by atoms with Crippen LogP contribution in [0.3, 0.4) is 0 Å². The van der Waals surface area contributed by atoms with Crippen molar-refractivity contribution in [3.63, 3.8) is 0 Å². The van der Waals surface area contributed by atoms with Gasteiger partial charge in [0.05, 0.1) is 5.69 Å². The molecule has 120 valence electrons. The minimum atomic E-state index is 0.285. The summed E-state index contributed by atoms with van der Waals surface area (Å²) >= 11 is 0. The molecule has 23 heavy (non-hydrogen) atoms. The number of anilines is 1. The average molecular weight is 311 g/mol. The van der Waals surface area contributed by atoms with Gasteiger partial charge >= 0.3 is 0 Å². The number of aromatic nitrogens is 3. The summed E-state index contributed by atoms with van der Waals surface area (Å²) in [5.74, 6) is 0.285. The Bertz CT molecular complexity index is 838. The molecule has 2 aromatic rings. The van der Waals surface area contributed by atoms with E-state index < -0.39 is 0 Å². The number of rotatable bonds is 3. The minimum Gasteiger partial charge on any atom is -0.370 e. The molecule has 0 saturated carbocycles. The predicted molar refractivity (Wildman–Crippen MR) is 88.7 cm³/mol. The molecule has 4 rings (SSSR count). The Morgan fingerprint density at radius 2 is 2.30 bits per heavy atom. The van der Waals surface area contributed by atoms with Crippen LogP contribution in [-0.4, -0.2) is 45.5 Å². The van der Waals surface area contributed by atoms with Crippen molar-refractivity contribution in [3.8, 4) is 11.3 Å². The lowest BCUT2D eigenvalue weighted by molar-refractivity contribution is 0.361. The van der Waals surface area contributed by atoms with Gasteiger partial charge in [-0.15, -0.1) is 0 Å². The van der Waals surface area contributed by atoms with Gasteiger partial charge < -0.3 is 21.4 Å². The van der Waals surface area contributed by atoms with Gasteiger partial charge in [-0.05, 0) is 18.9 Å². The number of nitrogens with zero attached hydrogens (tertiary/aromatic N) is 4. The van der Waals surface area contributed by atoms with Gasteiger partial charge in [0.1, 0.15) is 5.49 Å². The summed E-state index contributed by atoms with van der Waals surface area (Å²) in [6.45, 7) is 2.56. The number of aromatic amines is 1. The summed E-state index contributed by atoms with van der Waals surface area (Å²) in [6, 6.07) is 2.31. The molecule has 1 atom stereocenters. The maximum Gasteiger partial charge on any atom is 0.220 e. The lowest BCUT2D eigenvalue weighted by Gasteiger charge is -2.29. The highest BCUT2D eigenvalue weighted by atomic mass is 15.2. The standard InChI is InChI=1S/C16H21N7/c17-8-10-2-1-7-23(10)13-4-6-19-15-14(13)11(9-21-15)12-3-5-20-16(18)22-12/h3,5,9-10H,1-2,4,6-8,17H2,(H,19,21)(H2,18,20,22). The van der Waals surface area contributed by atoms with E-state index in [-0.39, 0.29) is 5.95 Å². The molecule has 1 fully saturated rings. The lowest BCUT2D eigenvalue weighted by Crippen LogP contribution is -2.42. The topological polar surface area (TPSA) is 109 Å². The number of H-pyrrole nitrogens is 1. The fourth-order valence-corrected chi connectivity index (χ4v) is 3.68. The molecule has 0 aromatic carbocycles. The van der Waals surface area contributed by atoms with E-state index in [1.54, 1.807) is 6.20 Å². The molecule has 2 aliphatic rings. The molecule has 2 aliphatic heterocycles. The average Bonchev–Trinajstić information content (AvgIpc) is 3.21. The Kier molecular flexibility index (Phi) is 3.49. The predicted octanol–water partition coefficient (Wildman–Crippen LogP) is -0.391. The van der Waals surface area contributed by atoms with E-state index in [2.05, 4.69) is 24.8 Å². The number of likely N-dealkylation sites (tertiary alicyclic amines) is 1. The lowest BCUT2D eigenvalue weighted by atomic mass is 10.1. The molecule has 0 amide bonds. The van der Waals surface area contributed by atoms with E-state index in [0.717, 1.165) is 47.9 Å². The summed E-state index contributed by atoms with van der Waals surface area (Å²) in [5.41, 5.74) is 15.8. The number of nitrogens with two attached hydrogens (primary N) is 2. The zero-order chi connectivity index (χ0) is 15.8. The first-order valence-corrected chi connectivity index (χ1v) is 8.08. The van der Waals surface area contributed by atoms with E-state index in [1.807, 2.05) is 12.3 Å². The van der Waals surface area contributed by atoms with Gasteiger partial charge in [-0.2, -0.15) is 0 Å². The highest BCUT2D eigenvalue weighted by molar-refractivity contribution is 5.65. The molecule has 1 unspecified atom stereocenters. The van der Waals surface area contributed by atoms with Crippen LogP contribution in [0.1, 0.15) is 19.3 Å². The quantitative estimate of drug-likeness (QED) is 0.715. The Morgan fingerprint density at radius 3 is 3.13 bits per heavy atom. The van der Waals surface area contributed by atoms with Crippen LogP contribution in [0.5, 0.6) is 0 Å². The number of nitrogen functional groups attached to an aromatic ring is 1. The third-order valence-electron chi connectivity index (χ3n) is 4.71. The van der Waals surface area contributed by atoms with Crippen molar-refractivity contribution in [2.24, 2.45) is 10.7 Å². The number of hydrogen-bond donors (Lipinski definition) is 3. The fourth-order valence-electron chi connectivity index (χ4n) is 3.68. The van der Waals surface area contributed by atoms with Gasteiger partial charge in [0.15, 0.2) is 0 Å². The van der Waals surface area contributed by atoms with Crippen molar-refractivity contribution in [1.29, 1.82) is 0 Å². The first-order chi connectivity index (χ1) is 11.3. The Labute approximate surface area is 134 Å². The molecule has 5 N–H and O–H groups in total. The SMILES string of the molecule is NCC1CCCN1C1=c2c(-c3ccnc(N)n3)c[nH]c2=NCC1. The van der Waals surface area contributed by atoms with Gasteiger partial charge in [-0.25, -0.2) is 9.97 Å². The van der Waals surface area contributed by atoms with Crippen molar-refractivity contribution >= 4 is 11.6 Å². The van der Waals surface area contributed by atoms with Crippen molar-refractivity contribution < 1.29 is 0 Å². The molecule has 0 spiro atoms. The zero-order valence-corrected chi connectivity index (χ0v) is 13.0. The Morgan fingerprint density at radius 1 is 1.39 bits per heavy atom. The third-order valence-corrected chi connectivity index (χ3v) is 4.71. The van der Waals surface area contributed by atoms with Crippen LogP contribution in [-0.2, 0) is 0 Å². The smallest absolute Gasteiger partial charge is 0.220 e. The molecular weight excluding hydrogens is 290 g/mol. The normalized spacial score (nSPS) is 20.5. The van der Waals surface area contributed by atoms with Crippen LogP contribution in [0.4, 0.5) is 5.95 Å². The fraction of sp³-hybridized carbons (Fsp3) is 0.438. The van der Waals surface area contributed by atoms with Crippen LogP contribution in [0.2, 0.25) is 0 Å². The third kappa shape index (κ3) is 2.37. The van der Waals surface area contributed by atoms with Crippen LogP contribution in [0.25, 0.3) is 17.0 Å². The minimum absolute atomic E-state index is 0.285. The molecule has 0 aliphatic carbocycles. The van der Waals surface area contributed by atoms with Crippen molar-refractivity contribution in [2.45, 2.75) is 25.3 Å².